The number of benzene rings is 2. The molecule has 0 amide bonds. The van der Waals surface area contributed by atoms with E-state index in [9.17, 15) is 8.42 Å². The predicted molar refractivity (Wildman–Crippen MR) is 105 cm³/mol. The van der Waals surface area contributed by atoms with Gasteiger partial charge in [0.05, 0.1) is 4.90 Å². The molecule has 142 valence electrons. The molecule has 0 aliphatic rings. The highest BCUT2D eigenvalue weighted by Crippen LogP contribution is 2.31. The van der Waals surface area contributed by atoms with Crippen LogP contribution >= 0.6 is 0 Å². The van der Waals surface area contributed by atoms with E-state index >= 15 is 0 Å². The number of anilines is 1. The van der Waals surface area contributed by atoms with Crippen molar-refractivity contribution >= 4 is 26.5 Å². The molecule has 0 heterocycles. The van der Waals surface area contributed by atoms with Crippen molar-refractivity contribution in [2.45, 2.75) is 4.90 Å². The maximum absolute atomic E-state index is 13.3. The fourth-order valence-electron chi connectivity index (χ4n) is 2.77. The normalized spacial score (nSPS) is 11.1. The van der Waals surface area contributed by atoms with Gasteiger partial charge >= 0.3 is 0 Å². The first-order valence-corrected chi connectivity index (χ1v) is 9.58. The summed E-state index contributed by atoms with van der Waals surface area (Å²) in [7, 11) is -0.101. The molecule has 0 unspecified atom stereocenters. The third-order valence-electron chi connectivity index (χ3n) is 3.98. The summed E-state index contributed by atoms with van der Waals surface area (Å²) < 4.78 is 27.7. The smallest absolute Gasteiger partial charge is 0.243 e. The minimum Gasteiger partial charge on any atom is -0.377 e. The fourth-order valence-corrected chi connectivity index (χ4v) is 4.40. The second-order valence-electron chi connectivity index (χ2n) is 5.84. The average Bonchev–Trinajstić information content (AvgIpc) is 2.65. The van der Waals surface area contributed by atoms with Gasteiger partial charge in [0.15, 0.2) is 0 Å². The first-order valence-electron chi connectivity index (χ1n) is 8.14. The third-order valence-corrected chi connectivity index (χ3v) is 5.94. The lowest BCUT2D eigenvalue weighted by Crippen LogP contribution is -2.35. The van der Waals surface area contributed by atoms with Gasteiger partial charge in [-0.05, 0) is 23.2 Å². The fraction of sp³-hybridized carbons (Fsp3) is 0.375. The molecule has 2 aromatic carbocycles. The van der Waals surface area contributed by atoms with E-state index in [1.807, 2.05) is 31.1 Å². The van der Waals surface area contributed by atoms with Crippen LogP contribution in [0.25, 0.3) is 31.7 Å². The van der Waals surface area contributed by atoms with Crippen LogP contribution in [-0.4, -0.2) is 53.0 Å². The maximum atomic E-state index is 13.3. The van der Waals surface area contributed by atoms with Gasteiger partial charge in [-0.2, -0.15) is 4.31 Å². The number of hydrogen-bond donors (Lipinski definition) is 0. The summed E-state index contributed by atoms with van der Waals surface area (Å²) in [4.78, 5) is 7.39. The summed E-state index contributed by atoms with van der Waals surface area (Å²) in [5, 5.41) is 8.23. The van der Waals surface area contributed by atoms with Crippen LogP contribution in [0, 0.1) is 0 Å². The molecule has 0 atom stereocenters. The summed E-state index contributed by atoms with van der Waals surface area (Å²) in [5.41, 5.74) is 17.8. The van der Waals surface area contributed by atoms with Gasteiger partial charge in [-0.25, -0.2) is 8.42 Å². The second kappa shape index (κ2) is 9.11. The van der Waals surface area contributed by atoms with Crippen LogP contribution in [0.5, 0.6) is 0 Å². The summed E-state index contributed by atoms with van der Waals surface area (Å²) >= 11 is 0. The minimum absolute atomic E-state index is 0.00288. The first-order chi connectivity index (χ1) is 12.9. The molecule has 0 aliphatic carbocycles. The van der Waals surface area contributed by atoms with Crippen LogP contribution in [0.3, 0.4) is 0 Å². The van der Waals surface area contributed by atoms with Crippen LogP contribution in [0.1, 0.15) is 0 Å². The molecule has 0 spiro atoms. The summed E-state index contributed by atoms with van der Waals surface area (Å²) in [6, 6.07) is 10.6. The van der Waals surface area contributed by atoms with Crippen molar-refractivity contribution in [1.82, 2.24) is 4.31 Å². The van der Waals surface area contributed by atoms with Crippen molar-refractivity contribution in [1.29, 1.82) is 0 Å². The van der Waals surface area contributed by atoms with Crippen LogP contribution < -0.4 is 4.90 Å². The van der Waals surface area contributed by atoms with E-state index in [0.717, 1.165) is 11.1 Å². The highest BCUT2D eigenvalue weighted by Gasteiger charge is 2.26. The molecule has 0 saturated heterocycles. The molecule has 2 aromatic rings. The van der Waals surface area contributed by atoms with Gasteiger partial charge in [0.25, 0.3) is 0 Å². The van der Waals surface area contributed by atoms with Crippen molar-refractivity contribution in [3.63, 3.8) is 0 Å². The Morgan fingerprint density at radius 1 is 0.926 bits per heavy atom. The van der Waals surface area contributed by atoms with E-state index in [1.54, 1.807) is 24.3 Å². The Balaban J connectivity index is 2.55. The molecular weight excluding hydrogens is 368 g/mol. The number of hydrogen-bond acceptors (Lipinski definition) is 5. The number of nitrogens with zero attached hydrogens (tertiary/aromatic N) is 8. The van der Waals surface area contributed by atoms with Gasteiger partial charge in [-0.15, -0.1) is 0 Å². The van der Waals surface area contributed by atoms with Crippen LogP contribution in [-0.2, 0) is 10.0 Å². The van der Waals surface area contributed by atoms with Gasteiger partial charge in [0.1, 0.15) is 0 Å². The van der Waals surface area contributed by atoms with Crippen molar-refractivity contribution in [3.05, 3.63) is 57.3 Å². The summed E-state index contributed by atoms with van der Waals surface area (Å²) in [6.07, 6.45) is 0. The van der Waals surface area contributed by atoms with Crippen molar-refractivity contribution < 1.29 is 8.42 Å². The number of rotatable bonds is 9. The quantitative estimate of drug-likeness (QED) is 0.369. The van der Waals surface area contributed by atoms with Crippen molar-refractivity contribution in [2.75, 3.05) is 45.2 Å². The lowest BCUT2D eigenvalue weighted by molar-refractivity contribution is 0.426. The predicted octanol–water partition coefficient (Wildman–Crippen LogP) is 3.52. The summed E-state index contributed by atoms with van der Waals surface area (Å²) in [5.74, 6) is 0. The van der Waals surface area contributed by atoms with E-state index in [0.29, 0.717) is 5.39 Å². The lowest BCUT2D eigenvalue weighted by atomic mass is 10.1. The number of fused-ring (bicyclic) bond motifs is 1. The minimum atomic E-state index is -3.88. The molecule has 0 bridgehead atoms. The molecule has 0 saturated carbocycles. The van der Waals surface area contributed by atoms with E-state index in [-0.39, 0.29) is 31.1 Å². The highest BCUT2D eigenvalue weighted by atomic mass is 32.2. The largest absolute Gasteiger partial charge is 0.377 e. The standard InChI is InChI=1S/C16H20N8O2S/c1-23(2)15-7-3-6-14-13(15)5-4-8-16(14)27(25,26)24(11-9-19-21-17)12-10-20-22-18/h3-8H,9-12H2,1-2H3. The van der Waals surface area contributed by atoms with Gasteiger partial charge in [0.2, 0.25) is 10.0 Å². The van der Waals surface area contributed by atoms with E-state index in [1.165, 1.54) is 4.31 Å². The van der Waals surface area contributed by atoms with Crippen LogP contribution in [0.2, 0.25) is 0 Å². The topological polar surface area (TPSA) is 138 Å². The Hall–Kier alpha value is -2.97. The highest BCUT2D eigenvalue weighted by molar-refractivity contribution is 7.89. The molecule has 2 rings (SSSR count). The molecule has 0 aliphatic heterocycles. The van der Waals surface area contributed by atoms with Crippen LogP contribution in [0.15, 0.2) is 51.5 Å². The molecule has 0 N–H and O–H groups in total. The van der Waals surface area contributed by atoms with Gasteiger partial charge in [-0.3, -0.25) is 0 Å². The van der Waals surface area contributed by atoms with Crippen molar-refractivity contribution in [2.24, 2.45) is 10.2 Å². The Bertz CT molecular complexity index is 986. The van der Waals surface area contributed by atoms with Gasteiger partial charge in [-0.1, -0.05) is 34.5 Å². The maximum Gasteiger partial charge on any atom is 0.243 e. The molecule has 0 aromatic heterocycles. The zero-order valence-electron chi connectivity index (χ0n) is 15.1. The molecule has 0 radical (unpaired) electrons. The monoisotopic (exact) mass is 388 g/mol. The Labute approximate surface area is 157 Å². The average molecular weight is 388 g/mol. The SMILES string of the molecule is CN(C)c1cccc2c(S(=O)(=O)N(CCN=[N+]=[N-])CCN=[N+]=[N-])cccc12. The molecule has 11 heteroatoms. The first kappa shape index (κ1) is 20.3. The molecule has 10 nitrogen and oxygen atoms in total. The van der Waals surface area contributed by atoms with Gasteiger partial charge < -0.3 is 4.90 Å². The van der Waals surface area contributed by atoms with E-state index < -0.39 is 10.0 Å². The van der Waals surface area contributed by atoms with Crippen LogP contribution in [0.4, 0.5) is 5.69 Å². The lowest BCUT2D eigenvalue weighted by Gasteiger charge is -2.22. The number of sulfonamides is 1. The summed E-state index contributed by atoms with van der Waals surface area (Å²) in [6.45, 7) is -0.0341. The zero-order valence-corrected chi connectivity index (χ0v) is 15.9. The van der Waals surface area contributed by atoms with E-state index in [2.05, 4.69) is 20.1 Å². The third kappa shape index (κ3) is 4.60. The Morgan fingerprint density at radius 2 is 1.48 bits per heavy atom. The molecule has 27 heavy (non-hydrogen) atoms. The van der Waals surface area contributed by atoms with Gasteiger partial charge in [0, 0.05) is 66.6 Å². The van der Waals surface area contributed by atoms with E-state index in [4.69, 9.17) is 11.1 Å². The second-order valence-corrected chi connectivity index (χ2v) is 7.74. The zero-order chi connectivity index (χ0) is 19.9. The molecule has 0 fully saturated rings. The van der Waals surface area contributed by atoms with Crippen molar-refractivity contribution in [3.8, 4) is 0 Å². The Morgan fingerprint density at radius 3 is 2.04 bits per heavy atom. The molecular formula is C16H20N8O2S. The Kier molecular flexibility index (Phi) is 6.86. The number of azide groups is 2.